The summed E-state index contributed by atoms with van der Waals surface area (Å²) in [6, 6.07) is 16.3. The molecule has 8 heteroatoms. The van der Waals surface area contributed by atoms with Crippen LogP contribution in [-0.4, -0.2) is 70.5 Å². The molecule has 7 nitrogen and oxygen atoms in total. The van der Waals surface area contributed by atoms with Crippen LogP contribution in [0.5, 0.6) is 11.5 Å². The van der Waals surface area contributed by atoms with E-state index in [1.807, 2.05) is 30.3 Å². The van der Waals surface area contributed by atoms with Crippen LogP contribution in [-0.2, 0) is 17.7 Å². The minimum atomic E-state index is 0. The van der Waals surface area contributed by atoms with Crippen LogP contribution in [0.1, 0.15) is 18.1 Å². The topological polar surface area (TPSA) is 67.4 Å². The van der Waals surface area contributed by atoms with E-state index in [1.165, 1.54) is 5.56 Å². The molecule has 0 unspecified atom stereocenters. The van der Waals surface area contributed by atoms with Gasteiger partial charge < -0.3 is 24.8 Å². The molecule has 2 aromatic rings. The Hall–Kier alpha value is -2.04. The average Bonchev–Trinajstić information content (AvgIpc) is 2.84. The zero-order chi connectivity index (χ0) is 22.4. The number of morpholine rings is 1. The Kier molecular flexibility index (Phi) is 13.0. The van der Waals surface area contributed by atoms with Gasteiger partial charge in [0.1, 0.15) is 18.1 Å². The first-order valence-corrected chi connectivity index (χ1v) is 11.4. The summed E-state index contributed by atoms with van der Waals surface area (Å²) in [4.78, 5) is 7.11. The maximum Gasteiger partial charge on any atom is 0.191 e. The minimum Gasteiger partial charge on any atom is -0.496 e. The molecule has 3 rings (SSSR count). The summed E-state index contributed by atoms with van der Waals surface area (Å²) >= 11 is 0. The number of methoxy groups -OCH3 is 1. The number of ether oxygens (including phenoxy) is 3. The molecule has 33 heavy (non-hydrogen) atoms. The number of benzene rings is 2. The number of aliphatic imine (C=N–C) groups is 1. The second kappa shape index (κ2) is 15.7. The van der Waals surface area contributed by atoms with Crippen LogP contribution in [0.15, 0.2) is 53.5 Å². The third-order valence-corrected chi connectivity index (χ3v) is 5.32. The molecule has 2 N–H and O–H groups in total. The van der Waals surface area contributed by atoms with Gasteiger partial charge in [-0.3, -0.25) is 4.90 Å². The quantitative estimate of drug-likeness (QED) is 0.247. The van der Waals surface area contributed by atoms with Gasteiger partial charge in [0.25, 0.3) is 0 Å². The van der Waals surface area contributed by atoms with Crippen molar-refractivity contribution in [1.29, 1.82) is 0 Å². The highest BCUT2D eigenvalue weighted by Crippen LogP contribution is 2.17. The number of hydrogen-bond donors (Lipinski definition) is 2. The normalized spacial score (nSPS) is 14.3. The molecule has 0 saturated carbocycles. The Morgan fingerprint density at radius 1 is 1.09 bits per heavy atom. The summed E-state index contributed by atoms with van der Waals surface area (Å²) in [7, 11) is 1.71. The van der Waals surface area contributed by atoms with Crippen molar-refractivity contribution in [2.45, 2.75) is 19.9 Å². The van der Waals surface area contributed by atoms with Crippen LogP contribution in [0.3, 0.4) is 0 Å². The van der Waals surface area contributed by atoms with Crippen molar-refractivity contribution in [3.63, 3.8) is 0 Å². The molecule has 1 fully saturated rings. The molecule has 0 aromatic heterocycles. The number of para-hydroxylation sites is 1. The smallest absolute Gasteiger partial charge is 0.191 e. The van der Waals surface area contributed by atoms with Crippen LogP contribution in [0.2, 0.25) is 0 Å². The molecule has 1 heterocycles. The zero-order valence-electron chi connectivity index (χ0n) is 19.7. The number of guanidine groups is 1. The van der Waals surface area contributed by atoms with Gasteiger partial charge in [0.05, 0.1) is 26.9 Å². The Morgan fingerprint density at radius 3 is 2.70 bits per heavy atom. The first-order valence-electron chi connectivity index (χ1n) is 11.4. The number of rotatable bonds is 11. The van der Waals surface area contributed by atoms with Gasteiger partial charge >= 0.3 is 0 Å². The van der Waals surface area contributed by atoms with E-state index >= 15 is 0 Å². The molecule has 1 aliphatic rings. The summed E-state index contributed by atoms with van der Waals surface area (Å²) in [5.74, 6) is 2.61. The fraction of sp³-hybridized carbons (Fsp3) is 0.480. The van der Waals surface area contributed by atoms with Crippen LogP contribution >= 0.6 is 24.0 Å². The van der Waals surface area contributed by atoms with E-state index in [1.54, 1.807) is 7.11 Å². The van der Waals surface area contributed by atoms with E-state index in [-0.39, 0.29) is 24.0 Å². The lowest BCUT2D eigenvalue weighted by molar-refractivity contribution is 0.0322. The molecule has 182 valence electrons. The van der Waals surface area contributed by atoms with E-state index in [4.69, 9.17) is 19.2 Å². The highest BCUT2D eigenvalue weighted by molar-refractivity contribution is 14.0. The van der Waals surface area contributed by atoms with E-state index in [9.17, 15) is 0 Å². The van der Waals surface area contributed by atoms with Gasteiger partial charge in [-0.2, -0.15) is 0 Å². The van der Waals surface area contributed by atoms with Crippen molar-refractivity contribution >= 4 is 29.9 Å². The molecule has 0 radical (unpaired) electrons. The van der Waals surface area contributed by atoms with Gasteiger partial charge in [-0.1, -0.05) is 30.3 Å². The van der Waals surface area contributed by atoms with Crippen LogP contribution in [0, 0.1) is 0 Å². The first-order chi connectivity index (χ1) is 15.8. The minimum absolute atomic E-state index is 0. The van der Waals surface area contributed by atoms with E-state index in [2.05, 4.69) is 40.7 Å². The van der Waals surface area contributed by atoms with Gasteiger partial charge in [0.2, 0.25) is 0 Å². The number of nitrogens with zero attached hydrogens (tertiary/aromatic N) is 2. The molecule has 1 aliphatic heterocycles. The molecule has 2 aromatic carbocycles. The zero-order valence-corrected chi connectivity index (χ0v) is 22.0. The van der Waals surface area contributed by atoms with Gasteiger partial charge in [0.15, 0.2) is 5.96 Å². The summed E-state index contributed by atoms with van der Waals surface area (Å²) in [5.41, 5.74) is 2.30. The Bertz CT molecular complexity index is 844. The summed E-state index contributed by atoms with van der Waals surface area (Å²) in [5, 5.41) is 6.73. The van der Waals surface area contributed by atoms with Gasteiger partial charge in [-0.05, 0) is 42.7 Å². The molecular formula is C25H37IN4O3. The van der Waals surface area contributed by atoms with Gasteiger partial charge in [-0.15, -0.1) is 24.0 Å². The van der Waals surface area contributed by atoms with Crippen molar-refractivity contribution < 1.29 is 14.2 Å². The van der Waals surface area contributed by atoms with Crippen LogP contribution in [0.25, 0.3) is 0 Å². The Morgan fingerprint density at radius 2 is 1.91 bits per heavy atom. The van der Waals surface area contributed by atoms with Crippen molar-refractivity contribution in [3.05, 3.63) is 59.7 Å². The number of halogens is 1. The maximum absolute atomic E-state index is 5.97. The molecule has 0 spiro atoms. The number of hydrogen-bond acceptors (Lipinski definition) is 5. The number of nitrogens with one attached hydrogen (secondary N) is 2. The van der Waals surface area contributed by atoms with Gasteiger partial charge in [-0.25, -0.2) is 4.99 Å². The van der Waals surface area contributed by atoms with E-state index < -0.39 is 0 Å². The highest BCUT2D eigenvalue weighted by atomic mass is 127. The van der Waals surface area contributed by atoms with Crippen molar-refractivity contribution in [1.82, 2.24) is 15.5 Å². The lowest BCUT2D eigenvalue weighted by Crippen LogP contribution is -2.38. The summed E-state index contributed by atoms with van der Waals surface area (Å²) in [6.45, 7) is 9.44. The van der Waals surface area contributed by atoms with Crippen molar-refractivity contribution in [3.8, 4) is 11.5 Å². The molecule has 0 atom stereocenters. The second-order valence-corrected chi connectivity index (χ2v) is 7.63. The Balaban J connectivity index is 0.00000385. The molecule has 0 amide bonds. The Labute approximate surface area is 214 Å². The van der Waals surface area contributed by atoms with E-state index in [0.717, 1.165) is 75.4 Å². The standard InChI is InChI=1S/C25H36N4O3.HI/c1-3-26-25(27-12-11-22-8-4-5-10-24(22)30-2)28-20-21-7-6-9-23(19-21)32-18-15-29-13-16-31-17-14-29;/h4-10,19H,3,11-18,20H2,1-2H3,(H2,26,27,28);1H. The van der Waals surface area contributed by atoms with Crippen molar-refractivity contribution in [2.24, 2.45) is 4.99 Å². The summed E-state index contributed by atoms with van der Waals surface area (Å²) in [6.07, 6.45) is 0.862. The van der Waals surface area contributed by atoms with E-state index in [0.29, 0.717) is 13.2 Å². The predicted octanol–water partition coefficient (Wildman–Crippen LogP) is 3.32. The second-order valence-electron chi connectivity index (χ2n) is 7.63. The van der Waals surface area contributed by atoms with Gasteiger partial charge in [0, 0.05) is 32.7 Å². The molecular weight excluding hydrogens is 531 g/mol. The van der Waals surface area contributed by atoms with Crippen LogP contribution in [0.4, 0.5) is 0 Å². The predicted molar refractivity (Wildman–Crippen MR) is 144 cm³/mol. The monoisotopic (exact) mass is 568 g/mol. The third-order valence-electron chi connectivity index (χ3n) is 5.32. The highest BCUT2D eigenvalue weighted by Gasteiger charge is 2.10. The maximum atomic E-state index is 5.97. The lowest BCUT2D eigenvalue weighted by Gasteiger charge is -2.26. The SMILES string of the molecule is CCNC(=NCc1cccc(OCCN2CCOCC2)c1)NCCc1ccccc1OC.I. The van der Waals surface area contributed by atoms with Crippen molar-refractivity contribution in [2.75, 3.05) is 59.7 Å². The summed E-state index contributed by atoms with van der Waals surface area (Å²) < 4.78 is 16.8. The lowest BCUT2D eigenvalue weighted by atomic mass is 10.1. The first kappa shape index (κ1) is 27.2. The molecule has 0 bridgehead atoms. The average molecular weight is 569 g/mol. The van der Waals surface area contributed by atoms with Crippen LogP contribution < -0.4 is 20.1 Å². The fourth-order valence-corrected chi connectivity index (χ4v) is 3.59. The molecule has 0 aliphatic carbocycles. The fourth-order valence-electron chi connectivity index (χ4n) is 3.59. The molecule has 1 saturated heterocycles. The third kappa shape index (κ3) is 9.77. The largest absolute Gasteiger partial charge is 0.496 e.